The van der Waals surface area contributed by atoms with Gasteiger partial charge < -0.3 is 20.1 Å². The van der Waals surface area contributed by atoms with Gasteiger partial charge in [-0.25, -0.2) is 0 Å². The van der Waals surface area contributed by atoms with Crippen LogP contribution in [0.1, 0.15) is 16.1 Å². The summed E-state index contributed by atoms with van der Waals surface area (Å²) in [5.74, 6) is 1.53. The van der Waals surface area contributed by atoms with Crippen molar-refractivity contribution in [1.29, 1.82) is 0 Å². The van der Waals surface area contributed by atoms with Crippen LogP contribution in [0.5, 0.6) is 11.5 Å². The minimum Gasteiger partial charge on any atom is -0.497 e. The van der Waals surface area contributed by atoms with Crippen LogP contribution in [-0.4, -0.2) is 30.3 Å². The van der Waals surface area contributed by atoms with Gasteiger partial charge in [0.15, 0.2) is 5.69 Å². The predicted molar refractivity (Wildman–Crippen MR) is 108 cm³/mol. The third kappa shape index (κ3) is 4.89. The molecule has 7 nitrogen and oxygen atoms in total. The first kappa shape index (κ1) is 19.4. The Morgan fingerprint density at radius 3 is 2.39 bits per heavy atom. The second-order valence-corrected chi connectivity index (χ2v) is 6.22. The first-order valence-electron chi connectivity index (χ1n) is 8.44. The monoisotopic (exact) mass is 398 g/mol. The number of aromatic nitrogens is 2. The van der Waals surface area contributed by atoms with Crippen LogP contribution in [0.25, 0.3) is 0 Å². The number of carbonyl (C=O) groups is 1. The van der Waals surface area contributed by atoms with Crippen LogP contribution < -0.4 is 20.1 Å². The number of benzene rings is 2. The van der Waals surface area contributed by atoms with Crippen LogP contribution in [0.3, 0.4) is 0 Å². The molecule has 0 aliphatic heterocycles. The third-order valence-electron chi connectivity index (χ3n) is 3.94. The summed E-state index contributed by atoms with van der Waals surface area (Å²) in [7, 11) is 3.16. The van der Waals surface area contributed by atoms with Crippen molar-refractivity contribution >= 4 is 29.0 Å². The molecule has 0 fully saturated rings. The van der Waals surface area contributed by atoms with Crippen molar-refractivity contribution in [3.63, 3.8) is 0 Å². The molecule has 0 bridgehead atoms. The molecule has 0 unspecified atom stereocenters. The molecule has 144 valence electrons. The number of nitrogens with zero attached hydrogens (tertiary/aromatic N) is 2. The number of amides is 1. The highest BCUT2D eigenvalue weighted by Crippen LogP contribution is 2.27. The van der Waals surface area contributed by atoms with Crippen LogP contribution in [0.4, 0.5) is 11.5 Å². The molecule has 28 heavy (non-hydrogen) atoms. The first-order valence-corrected chi connectivity index (χ1v) is 8.82. The third-order valence-corrected chi connectivity index (χ3v) is 4.23. The average Bonchev–Trinajstić information content (AvgIpc) is 2.73. The largest absolute Gasteiger partial charge is 0.497 e. The Morgan fingerprint density at radius 2 is 1.79 bits per heavy atom. The highest BCUT2D eigenvalue weighted by atomic mass is 35.5. The molecule has 0 saturated carbocycles. The van der Waals surface area contributed by atoms with E-state index < -0.39 is 0 Å². The summed E-state index contributed by atoms with van der Waals surface area (Å²) in [5.41, 5.74) is 1.81. The van der Waals surface area contributed by atoms with Crippen LogP contribution >= 0.6 is 11.6 Å². The Kier molecular flexibility index (Phi) is 6.29. The van der Waals surface area contributed by atoms with Gasteiger partial charge in [0, 0.05) is 12.2 Å². The van der Waals surface area contributed by atoms with Gasteiger partial charge in [0.25, 0.3) is 5.91 Å². The second-order valence-electron chi connectivity index (χ2n) is 5.81. The Hall–Kier alpha value is -3.32. The van der Waals surface area contributed by atoms with E-state index in [-0.39, 0.29) is 11.6 Å². The molecule has 0 radical (unpaired) electrons. The zero-order chi connectivity index (χ0) is 19.9. The van der Waals surface area contributed by atoms with Gasteiger partial charge in [0.2, 0.25) is 0 Å². The summed E-state index contributed by atoms with van der Waals surface area (Å²) in [6, 6.07) is 16.0. The molecule has 0 spiro atoms. The van der Waals surface area contributed by atoms with E-state index in [1.807, 2.05) is 24.3 Å². The Morgan fingerprint density at radius 1 is 1.00 bits per heavy atom. The van der Waals surface area contributed by atoms with Crippen molar-refractivity contribution < 1.29 is 14.3 Å². The van der Waals surface area contributed by atoms with Crippen molar-refractivity contribution in [2.24, 2.45) is 0 Å². The van der Waals surface area contributed by atoms with E-state index in [4.69, 9.17) is 21.1 Å². The zero-order valence-electron chi connectivity index (χ0n) is 15.4. The van der Waals surface area contributed by atoms with Crippen molar-refractivity contribution in [2.75, 3.05) is 24.9 Å². The number of rotatable bonds is 7. The lowest BCUT2D eigenvalue weighted by Gasteiger charge is -2.08. The fourth-order valence-corrected chi connectivity index (χ4v) is 2.68. The number of hydrogen-bond acceptors (Lipinski definition) is 6. The molecule has 1 amide bonds. The highest BCUT2D eigenvalue weighted by Gasteiger charge is 2.10. The Bertz CT molecular complexity index is 947. The lowest BCUT2D eigenvalue weighted by atomic mass is 10.2. The van der Waals surface area contributed by atoms with Gasteiger partial charge in [-0.15, -0.1) is 10.2 Å². The molecule has 8 heteroatoms. The van der Waals surface area contributed by atoms with Crippen molar-refractivity contribution in [1.82, 2.24) is 10.2 Å². The van der Waals surface area contributed by atoms with E-state index in [9.17, 15) is 4.79 Å². The lowest BCUT2D eigenvalue weighted by Crippen LogP contribution is -2.15. The Balaban J connectivity index is 1.58. The maximum atomic E-state index is 12.3. The number of hydrogen-bond donors (Lipinski definition) is 2. The van der Waals surface area contributed by atoms with Crippen LogP contribution in [0, 0.1) is 0 Å². The number of anilines is 2. The summed E-state index contributed by atoms with van der Waals surface area (Å²) in [5, 5.41) is 14.3. The molecule has 0 aliphatic rings. The van der Waals surface area contributed by atoms with E-state index in [0.29, 0.717) is 28.8 Å². The number of methoxy groups -OCH3 is 2. The van der Waals surface area contributed by atoms with Gasteiger partial charge in [-0.1, -0.05) is 23.7 Å². The quantitative estimate of drug-likeness (QED) is 0.625. The maximum absolute atomic E-state index is 12.3. The molecular formula is C20H19ClN4O3. The number of ether oxygens (including phenoxy) is 2. The summed E-state index contributed by atoms with van der Waals surface area (Å²) in [6.45, 7) is 0.578. The molecule has 2 aromatic carbocycles. The van der Waals surface area contributed by atoms with Gasteiger partial charge in [-0.2, -0.15) is 0 Å². The minimum atomic E-state index is -0.379. The second kappa shape index (κ2) is 9.05. The van der Waals surface area contributed by atoms with Crippen molar-refractivity contribution in [3.8, 4) is 11.5 Å². The summed E-state index contributed by atoms with van der Waals surface area (Å²) < 4.78 is 10.2. The topological polar surface area (TPSA) is 85.4 Å². The zero-order valence-corrected chi connectivity index (χ0v) is 16.2. The molecule has 1 heterocycles. The van der Waals surface area contributed by atoms with Crippen molar-refractivity contribution in [3.05, 3.63) is 70.9 Å². The molecule has 0 saturated heterocycles. The Labute approximate surface area is 167 Å². The predicted octanol–water partition coefficient (Wildman–Crippen LogP) is 4.01. The number of carbonyl (C=O) groups excluding carboxylic acids is 1. The standard InChI is InChI=1S/C20H19ClN4O3/c1-27-15-6-3-13(4-7-15)12-22-19-10-8-17(24-25-19)20(26)23-14-5-9-18(28-2)16(21)11-14/h3-11H,12H2,1-2H3,(H,22,25)(H,23,26). The minimum absolute atomic E-state index is 0.196. The molecule has 3 rings (SSSR count). The molecule has 0 atom stereocenters. The summed E-state index contributed by atoms with van der Waals surface area (Å²) in [6.07, 6.45) is 0. The van der Waals surface area contributed by atoms with E-state index in [0.717, 1.165) is 11.3 Å². The van der Waals surface area contributed by atoms with Crippen LogP contribution in [0.15, 0.2) is 54.6 Å². The van der Waals surface area contributed by atoms with Gasteiger partial charge >= 0.3 is 0 Å². The number of halogens is 1. The molecule has 3 aromatic rings. The SMILES string of the molecule is COc1ccc(CNc2ccc(C(=O)Nc3ccc(OC)c(Cl)c3)nn2)cc1. The molecular weight excluding hydrogens is 380 g/mol. The van der Waals surface area contributed by atoms with Crippen LogP contribution in [0.2, 0.25) is 5.02 Å². The van der Waals surface area contributed by atoms with Gasteiger partial charge in [-0.05, 0) is 48.0 Å². The van der Waals surface area contributed by atoms with Crippen LogP contribution in [-0.2, 0) is 6.54 Å². The average molecular weight is 399 g/mol. The van der Waals surface area contributed by atoms with E-state index in [2.05, 4.69) is 20.8 Å². The molecule has 1 aromatic heterocycles. The van der Waals surface area contributed by atoms with E-state index >= 15 is 0 Å². The molecule has 2 N–H and O–H groups in total. The van der Waals surface area contributed by atoms with Gasteiger partial charge in [0.1, 0.15) is 17.3 Å². The van der Waals surface area contributed by atoms with Gasteiger partial charge in [0.05, 0.1) is 19.2 Å². The van der Waals surface area contributed by atoms with E-state index in [1.165, 1.54) is 7.11 Å². The van der Waals surface area contributed by atoms with Gasteiger partial charge in [-0.3, -0.25) is 4.79 Å². The summed E-state index contributed by atoms with van der Waals surface area (Å²) >= 11 is 6.06. The maximum Gasteiger partial charge on any atom is 0.276 e. The first-order chi connectivity index (χ1) is 13.6. The fraction of sp³-hybridized carbons (Fsp3) is 0.150. The summed E-state index contributed by atoms with van der Waals surface area (Å²) in [4.78, 5) is 12.3. The smallest absolute Gasteiger partial charge is 0.276 e. The fourth-order valence-electron chi connectivity index (χ4n) is 2.42. The van der Waals surface area contributed by atoms with Crippen molar-refractivity contribution in [2.45, 2.75) is 6.54 Å². The van der Waals surface area contributed by atoms with E-state index in [1.54, 1.807) is 37.4 Å². The highest BCUT2D eigenvalue weighted by molar-refractivity contribution is 6.32. The molecule has 0 aliphatic carbocycles. The lowest BCUT2D eigenvalue weighted by molar-refractivity contribution is 0.102. The number of nitrogens with one attached hydrogen (secondary N) is 2. The normalized spacial score (nSPS) is 10.2.